The first-order chi connectivity index (χ1) is 12.5. The van der Waals surface area contributed by atoms with Gasteiger partial charge in [-0.2, -0.15) is 0 Å². The number of hydrogen-bond donors (Lipinski definition) is 1. The van der Waals surface area contributed by atoms with E-state index in [1.165, 1.54) is 0 Å². The van der Waals surface area contributed by atoms with Crippen LogP contribution >= 0.6 is 11.6 Å². The molecular formula is C19H19ClF2N2O2. The number of halogens is 3. The van der Waals surface area contributed by atoms with Crippen molar-refractivity contribution in [2.75, 3.05) is 18.4 Å². The van der Waals surface area contributed by atoms with Gasteiger partial charge in [-0.25, -0.2) is 13.6 Å². The number of amides is 2. The van der Waals surface area contributed by atoms with Gasteiger partial charge in [-0.15, -0.1) is 0 Å². The van der Waals surface area contributed by atoms with Crippen LogP contribution in [-0.4, -0.2) is 30.1 Å². The van der Waals surface area contributed by atoms with Gasteiger partial charge in [-0.3, -0.25) is 0 Å². The van der Waals surface area contributed by atoms with E-state index in [1.807, 2.05) is 0 Å². The highest BCUT2D eigenvalue weighted by Gasteiger charge is 2.24. The van der Waals surface area contributed by atoms with Gasteiger partial charge in [0.25, 0.3) is 0 Å². The van der Waals surface area contributed by atoms with E-state index in [1.54, 1.807) is 29.2 Å². The molecule has 0 bridgehead atoms. The zero-order valence-corrected chi connectivity index (χ0v) is 14.8. The van der Waals surface area contributed by atoms with E-state index in [9.17, 15) is 13.6 Å². The van der Waals surface area contributed by atoms with Gasteiger partial charge in [-0.05, 0) is 49.2 Å². The van der Waals surface area contributed by atoms with Gasteiger partial charge in [0.2, 0.25) is 0 Å². The SMILES string of the molecule is O=C(Nc1cccc(Cl)c1)N1CCC[C@H](OCc2cc(F)ccc2F)C1. The molecule has 1 N–H and O–H groups in total. The standard InChI is InChI=1S/C19H19ClF2N2O2/c20-14-3-1-4-16(10-14)23-19(25)24-8-2-5-17(11-24)26-12-13-9-15(21)6-7-18(13)22/h1,3-4,6-7,9-10,17H,2,5,8,11-12H2,(H,23,25)/t17-/m0/s1. The molecule has 1 saturated heterocycles. The minimum Gasteiger partial charge on any atom is -0.372 e. The third-order valence-corrected chi connectivity index (χ3v) is 4.46. The lowest BCUT2D eigenvalue weighted by Gasteiger charge is -2.32. The van der Waals surface area contributed by atoms with Crippen molar-refractivity contribution in [2.24, 2.45) is 0 Å². The van der Waals surface area contributed by atoms with Crippen molar-refractivity contribution in [1.29, 1.82) is 0 Å². The summed E-state index contributed by atoms with van der Waals surface area (Å²) in [5.41, 5.74) is 0.790. The molecule has 1 fully saturated rings. The monoisotopic (exact) mass is 380 g/mol. The Balaban J connectivity index is 1.55. The van der Waals surface area contributed by atoms with Crippen molar-refractivity contribution in [1.82, 2.24) is 4.90 Å². The Bertz CT molecular complexity index is 788. The minimum absolute atomic E-state index is 0.0297. The average molecular weight is 381 g/mol. The van der Waals surface area contributed by atoms with Crippen LogP contribution in [0.2, 0.25) is 5.02 Å². The van der Waals surface area contributed by atoms with E-state index in [0.29, 0.717) is 23.8 Å². The summed E-state index contributed by atoms with van der Waals surface area (Å²) in [6.45, 7) is 0.974. The molecule has 1 aliphatic rings. The number of benzene rings is 2. The van der Waals surface area contributed by atoms with Crippen LogP contribution in [0, 0.1) is 11.6 Å². The Kier molecular flexibility index (Phi) is 6.06. The van der Waals surface area contributed by atoms with E-state index in [4.69, 9.17) is 16.3 Å². The van der Waals surface area contributed by atoms with Crippen molar-refractivity contribution in [3.63, 3.8) is 0 Å². The lowest BCUT2D eigenvalue weighted by molar-refractivity contribution is -0.000137. The fourth-order valence-electron chi connectivity index (χ4n) is 2.89. The van der Waals surface area contributed by atoms with E-state index >= 15 is 0 Å². The number of ether oxygens (including phenoxy) is 1. The van der Waals surface area contributed by atoms with Crippen LogP contribution in [0.15, 0.2) is 42.5 Å². The molecule has 7 heteroatoms. The largest absolute Gasteiger partial charge is 0.372 e. The fourth-order valence-corrected chi connectivity index (χ4v) is 3.08. The van der Waals surface area contributed by atoms with E-state index in [2.05, 4.69) is 5.32 Å². The maximum absolute atomic E-state index is 13.7. The predicted octanol–water partition coefficient (Wildman–Crippen LogP) is 4.83. The quantitative estimate of drug-likeness (QED) is 0.825. The first-order valence-corrected chi connectivity index (χ1v) is 8.76. The van der Waals surface area contributed by atoms with Crippen molar-refractivity contribution in [3.05, 3.63) is 64.7 Å². The molecule has 0 aromatic heterocycles. The summed E-state index contributed by atoms with van der Waals surface area (Å²) >= 11 is 5.92. The number of urea groups is 1. The highest BCUT2D eigenvalue weighted by molar-refractivity contribution is 6.30. The van der Waals surface area contributed by atoms with Crippen molar-refractivity contribution in [3.8, 4) is 0 Å². The van der Waals surface area contributed by atoms with Crippen molar-refractivity contribution >= 4 is 23.3 Å². The number of rotatable bonds is 4. The summed E-state index contributed by atoms with van der Waals surface area (Å²) in [4.78, 5) is 14.1. The normalized spacial score (nSPS) is 17.2. The maximum atomic E-state index is 13.7. The second kappa shape index (κ2) is 8.47. The number of anilines is 1. The lowest BCUT2D eigenvalue weighted by Crippen LogP contribution is -2.45. The zero-order chi connectivity index (χ0) is 18.5. The van der Waals surface area contributed by atoms with E-state index < -0.39 is 11.6 Å². The van der Waals surface area contributed by atoms with Crippen molar-refractivity contribution in [2.45, 2.75) is 25.6 Å². The van der Waals surface area contributed by atoms with E-state index in [-0.39, 0.29) is 24.3 Å². The minimum atomic E-state index is -0.504. The van der Waals surface area contributed by atoms with Gasteiger partial charge in [0.05, 0.1) is 12.7 Å². The molecule has 26 heavy (non-hydrogen) atoms. The Hall–Kier alpha value is -2.18. The van der Waals surface area contributed by atoms with Crippen LogP contribution in [0.4, 0.5) is 19.3 Å². The molecule has 1 aliphatic heterocycles. The number of piperidine rings is 1. The molecule has 4 nitrogen and oxygen atoms in total. The number of nitrogens with zero attached hydrogens (tertiary/aromatic N) is 1. The Morgan fingerprint density at radius 1 is 1.27 bits per heavy atom. The van der Waals surface area contributed by atoms with Gasteiger partial charge < -0.3 is 15.0 Å². The Labute approximate surface area is 155 Å². The van der Waals surface area contributed by atoms with Gasteiger partial charge in [0.15, 0.2) is 0 Å². The van der Waals surface area contributed by atoms with Crippen LogP contribution < -0.4 is 5.32 Å². The average Bonchev–Trinajstić information content (AvgIpc) is 2.63. The topological polar surface area (TPSA) is 41.6 Å². The van der Waals surface area contributed by atoms with Crippen molar-refractivity contribution < 1.29 is 18.3 Å². The number of carbonyl (C=O) groups is 1. The Morgan fingerprint density at radius 3 is 2.92 bits per heavy atom. The fraction of sp³-hybridized carbons (Fsp3) is 0.316. The second-order valence-corrected chi connectivity index (χ2v) is 6.63. The first-order valence-electron chi connectivity index (χ1n) is 8.38. The molecule has 3 rings (SSSR count). The molecule has 2 amide bonds. The van der Waals surface area contributed by atoms with Crippen LogP contribution in [0.5, 0.6) is 0 Å². The molecule has 0 saturated carbocycles. The smallest absolute Gasteiger partial charge is 0.321 e. The molecule has 0 aliphatic carbocycles. The second-order valence-electron chi connectivity index (χ2n) is 6.20. The maximum Gasteiger partial charge on any atom is 0.321 e. The van der Waals surface area contributed by atoms with Gasteiger partial charge in [-0.1, -0.05) is 17.7 Å². The molecule has 138 valence electrons. The first kappa shape index (κ1) is 18.6. The van der Waals surface area contributed by atoms with Crippen LogP contribution in [0.1, 0.15) is 18.4 Å². The number of hydrogen-bond acceptors (Lipinski definition) is 2. The molecule has 1 heterocycles. The third-order valence-electron chi connectivity index (χ3n) is 4.22. The van der Waals surface area contributed by atoms with Gasteiger partial charge >= 0.3 is 6.03 Å². The summed E-state index contributed by atoms with van der Waals surface area (Å²) < 4.78 is 32.6. The predicted molar refractivity (Wildman–Crippen MR) is 96.2 cm³/mol. The lowest BCUT2D eigenvalue weighted by atomic mass is 10.1. The summed E-state index contributed by atoms with van der Waals surface area (Å²) in [6, 6.07) is 9.96. The highest BCUT2D eigenvalue weighted by Crippen LogP contribution is 2.19. The van der Waals surface area contributed by atoms with Crippen LogP contribution in [0.25, 0.3) is 0 Å². The summed E-state index contributed by atoms with van der Waals surface area (Å²) in [7, 11) is 0. The number of carbonyl (C=O) groups excluding carboxylic acids is 1. The Morgan fingerprint density at radius 2 is 2.12 bits per heavy atom. The molecule has 0 radical (unpaired) electrons. The summed E-state index contributed by atoms with van der Waals surface area (Å²) in [5, 5.41) is 3.34. The molecule has 1 atom stereocenters. The zero-order valence-electron chi connectivity index (χ0n) is 14.1. The molecule has 0 spiro atoms. The van der Waals surface area contributed by atoms with Crippen LogP contribution in [0.3, 0.4) is 0 Å². The molecule has 0 unspecified atom stereocenters. The summed E-state index contributed by atoms with van der Waals surface area (Å²) in [6.07, 6.45) is 1.31. The number of likely N-dealkylation sites (tertiary alicyclic amines) is 1. The van der Waals surface area contributed by atoms with Gasteiger partial charge in [0.1, 0.15) is 11.6 Å². The van der Waals surface area contributed by atoms with Crippen LogP contribution in [-0.2, 0) is 11.3 Å². The third kappa shape index (κ3) is 4.93. The molecule has 2 aromatic rings. The van der Waals surface area contributed by atoms with E-state index in [0.717, 1.165) is 31.0 Å². The highest BCUT2D eigenvalue weighted by atomic mass is 35.5. The molecular weight excluding hydrogens is 362 g/mol. The van der Waals surface area contributed by atoms with Gasteiger partial charge in [0, 0.05) is 29.4 Å². The molecule has 2 aromatic carbocycles. The summed E-state index contributed by atoms with van der Waals surface area (Å²) in [5.74, 6) is -1.01. The number of nitrogens with one attached hydrogen (secondary N) is 1.